The summed E-state index contributed by atoms with van der Waals surface area (Å²) in [5.41, 5.74) is 2.05. The van der Waals surface area contributed by atoms with Gasteiger partial charge in [0.15, 0.2) is 0 Å². The van der Waals surface area contributed by atoms with E-state index in [1.165, 1.54) is 17.7 Å². The van der Waals surface area contributed by atoms with Crippen LogP contribution in [0.15, 0.2) is 48.5 Å². The largest absolute Gasteiger partial charge is 0.573 e. The van der Waals surface area contributed by atoms with Crippen molar-refractivity contribution in [2.75, 3.05) is 0 Å². The summed E-state index contributed by atoms with van der Waals surface area (Å²) in [5.74, 6) is 0.476. The Morgan fingerprint density at radius 3 is 1.78 bits per heavy atom. The Labute approximate surface area is 133 Å². The molecule has 5 heteroatoms. The molecule has 0 aliphatic rings. The first-order valence-corrected chi connectivity index (χ1v) is 7.21. The Balaban J connectivity index is 1.93. The molecule has 2 nitrogen and oxygen atoms in total. The van der Waals surface area contributed by atoms with Crippen LogP contribution < -0.4 is 9.47 Å². The summed E-state index contributed by atoms with van der Waals surface area (Å²) in [6.07, 6.45) is -4.67. The molecular formula is C18H19F3O2. The number of alkyl halides is 3. The Hall–Kier alpha value is -2.17. The van der Waals surface area contributed by atoms with Crippen LogP contribution in [0.3, 0.4) is 0 Å². The normalized spacial score (nSPS) is 12.1. The molecule has 23 heavy (non-hydrogen) atoms. The molecular weight excluding hydrogens is 305 g/mol. The first-order chi connectivity index (χ1) is 10.6. The number of halogens is 3. The molecule has 2 rings (SSSR count). The number of benzene rings is 2. The van der Waals surface area contributed by atoms with Crippen LogP contribution >= 0.6 is 0 Å². The highest BCUT2D eigenvalue weighted by Gasteiger charge is 2.30. The van der Waals surface area contributed by atoms with E-state index in [0.717, 1.165) is 5.56 Å². The van der Waals surface area contributed by atoms with Crippen molar-refractivity contribution in [2.24, 2.45) is 0 Å². The molecule has 0 aliphatic heterocycles. The number of rotatable bonds is 4. The van der Waals surface area contributed by atoms with Crippen molar-refractivity contribution in [3.63, 3.8) is 0 Å². The van der Waals surface area contributed by atoms with Crippen LogP contribution in [-0.4, -0.2) is 6.36 Å². The Kier molecular flexibility index (Phi) is 4.88. The van der Waals surface area contributed by atoms with Crippen molar-refractivity contribution in [3.05, 3.63) is 59.7 Å². The van der Waals surface area contributed by atoms with Gasteiger partial charge in [0.1, 0.15) is 18.1 Å². The zero-order chi connectivity index (χ0) is 17.1. The Bertz CT molecular complexity index is 623. The van der Waals surface area contributed by atoms with Gasteiger partial charge in [-0.2, -0.15) is 0 Å². The molecule has 2 aromatic carbocycles. The van der Waals surface area contributed by atoms with Gasteiger partial charge in [-0.05, 0) is 40.8 Å². The van der Waals surface area contributed by atoms with Crippen molar-refractivity contribution in [2.45, 2.75) is 39.2 Å². The molecule has 0 unspecified atom stereocenters. The quantitative estimate of drug-likeness (QED) is 0.743. The zero-order valence-corrected chi connectivity index (χ0v) is 13.3. The van der Waals surface area contributed by atoms with Gasteiger partial charge in [-0.1, -0.05) is 45.0 Å². The predicted octanol–water partition coefficient (Wildman–Crippen LogP) is 5.46. The molecule has 2 aromatic rings. The summed E-state index contributed by atoms with van der Waals surface area (Å²) in [6, 6.07) is 13.4. The highest BCUT2D eigenvalue weighted by atomic mass is 19.4. The monoisotopic (exact) mass is 324 g/mol. The maximum atomic E-state index is 12.1. The van der Waals surface area contributed by atoms with Gasteiger partial charge in [0.25, 0.3) is 0 Å². The predicted molar refractivity (Wildman–Crippen MR) is 82.6 cm³/mol. The minimum atomic E-state index is -4.67. The Morgan fingerprint density at radius 2 is 1.30 bits per heavy atom. The highest BCUT2D eigenvalue weighted by Crippen LogP contribution is 2.25. The molecule has 0 spiro atoms. The summed E-state index contributed by atoms with van der Waals surface area (Å²) in [6.45, 7) is 6.68. The van der Waals surface area contributed by atoms with Gasteiger partial charge in [-0.25, -0.2) is 0 Å². The lowest BCUT2D eigenvalue weighted by Crippen LogP contribution is -2.17. The van der Waals surface area contributed by atoms with Gasteiger partial charge in [0.2, 0.25) is 0 Å². The number of ether oxygens (including phenoxy) is 2. The second-order valence-corrected chi connectivity index (χ2v) is 6.25. The molecule has 0 saturated carbocycles. The molecule has 0 bridgehead atoms. The van der Waals surface area contributed by atoms with Crippen LogP contribution in [0, 0.1) is 0 Å². The molecule has 124 valence electrons. The lowest BCUT2D eigenvalue weighted by atomic mass is 9.87. The van der Waals surface area contributed by atoms with Crippen LogP contribution in [0.1, 0.15) is 31.9 Å². The van der Waals surface area contributed by atoms with Crippen LogP contribution in [0.2, 0.25) is 0 Å². The SMILES string of the molecule is CC(C)(C)c1ccc(OCc2ccc(OC(F)(F)F)cc2)cc1. The molecule has 0 N–H and O–H groups in total. The molecule has 0 saturated heterocycles. The lowest BCUT2D eigenvalue weighted by molar-refractivity contribution is -0.274. The van der Waals surface area contributed by atoms with E-state index in [-0.39, 0.29) is 17.8 Å². The highest BCUT2D eigenvalue weighted by molar-refractivity contribution is 5.32. The molecule has 0 aromatic heterocycles. The Morgan fingerprint density at radius 1 is 0.783 bits per heavy atom. The van der Waals surface area contributed by atoms with Crippen molar-refractivity contribution in [3.8, 4) is 11.5 Å². The van der Waals surface area contributed by atoms with E-state index in [2.05, 4.69) is 25.5 Å². The van der Waals surface area contributed by atoms with Gasteiger partial charge in [-0.3, -0.25) is 0 Å². The molecule has 0 fully saturated rings. The standard InChI is InChI=1S/C18H19F3O2/c1-17(2,3)14-6-10-15(11-7-14)22-12-13-4-8-16(9-5-13)23-18(19,20)21/h4-11H,12H2,1-3H3. The summed E-state index contributed by atoms with van der Waals surface area (Å²) in [4.78, 5) is 0. The maximum absolute atomic E-state index is 12.1. The van der Waals surface area contributed by atoms with Crippen LogP contribution in [0.25, 0.3) is 0 Å². The topological polar surface area (TPSA) is 18.5 Å². The van der Waals surface area contributed by atoms with E-state index < -0.39 is 6.36 Å². The van der Waals surface area contributed by atoms with E-state index in [1.54, 1.807) is 12.1 Å². The molecule has 0 heterocycles. The summed E-state index contributed by atoms with van der Waals surface area (Å²) in [7, 11) is 0. The van der Waals surface area contributed by atoms with E-state index in [0.29, 0.717) is 5.75 Å². The van der Waals surface area contributed by atoms with Gasteiger partial charge >= 0.3 is 6.36 Å². The molecule has 0 aliphatic carbocycles. The average molecular weight is 324 g/mol. The molecule has 0 amide bonds. The van der Waals surface area contributed by atoms with Crippen molar-refractivity contribution >= 4 is 0 Å². The summed E-state index contributed by atoms with van der Waals surface area (Å²) in [5, 5.41) is 0. The van der Waals surface area contributed by atoms with Gasteiger partial charge < -0.3 is 9.47 Å². The zero-order valence-electron chi connectivity index (χ0n) is 13.3. The van der Waals surface area contributed by atoms with Crippen molar-refractivity contribution in [1.82, 2.24) is 0 Å². The average Bonchev–Trinajstić information content (AvgIpc) is 2.44. The first kappa shape index (κ1) is 17.2. The van der Waals surface area contributed by atoms with Crippen LogP contribution in [-0.2, 0) is 12.0 Å². The minimum Gasteiger partial charge on any atom is -0.489 e. The molecule has 0 atom stereocenters. The summed E-state index contributed by atoms with van der Waals surface area (Å²) >= 11 is 0. The fourth-order valence-corrected chi connectivity index (χ4v) is 2.01. The second-order valence-electron chi connectivity index (χ2n) is 6.25. The van der Waals surface area contributed by atoms with Gasteiger partial charge in [0, 0.05) is 0 Å². The van der Waals surface area contributed by atoms with Crippen molar-refractivity contribution in [1.29, 1.82) is 0 Å². The fourth-order valence-electron chi connectivity index (χ4n) is 2.01. The van der Waals surface area contributed by atoms with Crippen LogP contribution in [0.4, 0.5) is 13.2 Å². The van der Waals surface area contributed by atoms with Crippen molar-refractivity contribution < 1.29 is 22.6 Å². The van der Waals surface area contributed by atoms with E-state index in [9.17, 15) is 13.2 Å². The van der Waals surface area contributed by atoms with E-state index >= 15 is 0 Å². The van der Waals surface area contributed by atoms with Gasteiger partial charge in [0.05, 0.1) is 0 Å². The fraction of sp³-hybridized carbons (Fsp3) is 0.333. The lowest BCUT2D eigenvalue weighted by Gasteiger charge is -2.19. The molecule has 0 radical (unpaired) electrons. The smallest absolute Gasteiger partial charge is 0.489 e. The third-order valence-corrected chi connectivity index (χ3v) is 3.28. The third-order valence-electron chi connectivity index (χ3n) is 3.28. The van der Waals surface area contributed by atoms with E-state index in [4.69, 9.17) is 4.74 Å². The number of hydrogen-bond donors (Lipinski definition) is 0. The number of hydrogen-bond acceptors (Lipinski definition) is 2. The van der Waals surface area contributed by atoms with E-state index in [1.807, 2.05) is 24.3 Å². The first-order valence-electron chi connectivity index (χ1n) is 7.21. The second kappa shape index (κ2) is 6.52. The summed E-state index contributed by atoms with van der Waals surface area (Å²) < 4.78 is 45.7. The minimum absolute atomic E-state index is 0.0762. The third kappa shape index (κ3) is 5.51. The van der Waals surface area contributed by atoms with Crippen LogP contribution in [0.5, 0.6) is 11.5 Å². The maximum Gasteiger partial charge on any atom is 0.573 e. The van der Waals surface area contributed by atoms with Gasteiger partial charge in [-0.15, -0.1) is 13.2 Å².